The summed E-state index contributed by atoms with van der Waals surface area (Å²) in [5, 5.41) is 8.50. The highest BCUT2D eigenvalue weighted by molar-refractivity contribution is 6.35. The lowest BCUT2D eigenvalue weighted by Gasteiger charge is -2.46. The highest BCUT2D eigenvalue weighted by Gasteiger charge is 2.51. The number of carbonyl (C=O) groups is 9. The van der Waals surface area contributed by atoms with Gasteiger partial charge in [0.25, 0.3) is 35.4 Å². The Kier molecular flexibility index (Phi) is 24.9. The van der Waals surface area contributed by atoms with Gasteiger partial charge in [0, 0.05) is 104 Å². The molecule has 5 aliphatic heterocycles. The Bertz CT molecular complexity index is 4550. The average Bonchev–Trinajstić information content (AvgIpc) is 1.06. The van der Waals surface area contributed by atoms with E-state index in [1.54, 1.807) is 23.3 Å². The second-order valence-corrected chi connectivity index (χ2v) is 30.9. The number of amides is 9. The number of benzene rings is 3. The molecule has 14 rings (SSSR count). The zero-order valence-corrected chi connectivity index (χ0v) is 62.8. The van der Waals surface area contributed by atoms with E-state index in [0.29, 0.717) is 162 Å². The number of imidazole rings is 3. The summed E-state index contributed by atoms with van der Waals surface area (Å²) >= 11 is 18.4. The highest BCUT2D eigenvalue weighted by atomic mass is 35.5. The summed E-state index contributed by atoms with van der Waals surface area (Å²) in [6.45, 7) is 3.53. The number of H-pyrrole nitrogens is 2. The van der Waals surface area contributed by atoms with Crippen LogP contribution in [0, 0.1) is 51.1 Å². The number of piperidine rings is 3. The zero-order valence-electron chi connectivity index (χ0n) is 60.5. The van der Waals surface area contributed by atoms with Crippen LogP contribution in [-0.4, -0.2) is 182 Å². The number of primary amides is 1. The smallest absolute Gasteiger partial charge is 0.345 e. The third-order valence-electron chi connectivity index (χ3n) is 22.4. The maximum absolute atomic E-state index is 13.9. The van der Waals surface area contributed by atoms with Crippen LogP contribution in [0.4, 0.5) is 52.2 Å². The SMILES string of the molecule is CC(C)NC(=O)c1ncn(C2CCC3(CCCN(c4cc(F)c(F)cc4Cl)C3=O)CC2)c1C(N)=O.O=C(NC1CCC2(CCCN(c3cc(F)c(F)cc3Cl)C2=O)CC1)c1nc[nH]c1C(=O)N1CC(OC(F)F)C1.O=C(NC1CCC2(CCCN(c3cc(F)c(F)cc3Cl)C2=O)CC1)c1nc[nH]c1C(=O)N1CCOCC1. The number of alkyl halides is 2. The van der Waals surface area contributed by atoms with E-state index in [9.17, 15) is 78.3 Å². The van der Waals surface area contributed by atoms with Gasteiger partial charge in [-0.2, -0.15) is 8.78 Å². The second-order valence-electron chi connectivity index (χ2n) is 29.6. The van der Waals surface area contributed by atoms with Gasteiger partial charge >= 0.3 is 6.61 Å². The number of likely N-dealkylation sites (tertiary alicyclic amines) is 1. The van der Waals surface area contributed by atoms with Crippen LogP contribution in [0.2, 0.25) is 15.1 Å². The molecule has 3 aromatic carbocycles. The van der Waals surface area contributed by atoms with E-state index in [0.717, 1.165) is 36.4 Å². The summed E-state index contributed by atoms with van der Waals surface area (Å²) in [7, 11) is 0. The number of aromatic nitrogens is 6. The molecule has 3 aliphatic carbocycles. The monoisotopic (exact) mass is 1610 g/mol. The summed E-state index contributed by atoms with van der Waals surface area (Å²) in [6, 6.07) is 4.76. The van der Waals surface area contributed by atoms with Gasteiger partial charge in [0.1, 0.15) is 17.1 Å². The predicted octanol–water partition coefficient (Wildman–Crippen LogP) is 11.2. The zero-order chi connectivity index (χ0) is 79.5. The molecule has 8 fully saturated rings. The van der Waals surface area contributed by atoms with E-state index in [1.807, 2.05) is 0 Å². The summed E-state index contributed by atoms with van der Waals surface area (Å²) in [6.07, 6.45) is 13.6. The van der Waals surface area contributed by atoms with Crippen LogP contribution in [0.25, 0.3) is 0 Å². The van der Waals surface area contributed by atoms with Crippen LogP contribution in [0.1, 0.15) is 198 Å². The molecule has 0 radical (unpaired) electrons. The molecule has 5 saturated heterocycles. The summed E-state index contributed by atoms with van der Waals surface area (Å²) in [5.74, 6) is -9.97. The van der Waals surface area contributed by atoms with Crippen molar-refractivity contribution in [3.05, 3.63) is 140 Å². The maximum atomic E-state index is 13.9. The molecular weight excluding hydrogens is 1530 g/mol. The molecule has 26 nitrogen and oxygen atoms in total. The molecule has 6 aromatic rings. The molecule has 596 valence electrons. The van der Waals surface area contributed by atoms with Gasteiger partial charge in [0.05, 0.1) is 70.4 Å². The number of hydrogen-bond donors (Lipinski definition) is 6. The van der Waals surface area contributed by atoms with Crippen molar-refractivity contribution in [3.63, 3.8) is 0 Å². The predicted molar refractivity (Wildman–Crippen MR) is 387 cm³/mol. The number of anilines is 3. The van der Waals surface area contributed by atoms with Crippen molar-refractivity contribution >= 4 is 105 Å². The number of nitrogens with zero attached hydrogens (tertiary/aromatic N) is 9. The Hall–Kier alpha value is -9.25. The summed E-state index contributed by atoms with van der Waals surface area (Å²) < 4.78 is 118. The van der Waals surface area contributed by atoms with E-state index >= 15 is 0 Å². The lowest BCUT2D eigenvalue weighted by Crippen LogP contribution is -2.55. The van der Waals surface area contributed by atoms with Crippen molar-refractivity contribution in [2.75, 3.05) is 73.7 Å². The van der Waals surface area contributed by atoms with Gasteiger partial charge in [-0.1, -0.05) is 34.8 Å². The normalized spacial score (nSPS) is 23.6. The van der Waals surface area contributed by atoms with Crippen molar-refractivity contribution < 1.29 is 87.7 Å². The first kappa shape index (κ1) is 81.2. The van der Waals surface area contributed by atoms with Gasteiger partial charge < -0.3 is 70.2 Å². The van der Waals surface area contributed by atoms with Gasteiger partial charge in [-0.15, -0.1) is 0 Å². The minimum Gasteiger partial charge on any atom is -0.378 e. The van der Waals surface area contributed by atoms with Crippen LogP contribution >= 0.6 is 34.8 Å². The Labute approximate surface area is 646 Å². The first-order valence-electron chi connectivity index (χ1n) is 36.8. The first-order valence-corrected chi connectivity index (χ1v) is 37.9. The molecule has 0 bridgehead atoms. The minimum atomic E-state index is -2.92. The van der Waals surface area contributed by atoms with E-state index < -0.39 is 93.4 Å². The van der Waals surface area contributed by atoms with Crippen LogP contribution in [0.5, 0.6) is 0 Å². The lowest BCUT2D eigenvalue weighted by atomic mass is 9.67. The molecule has 0 unspecified atom stereocenters. The topological polar surface area (TPSA) is 326 Å². The van der Waals surface area contributed by atoms with Crippen LogP contribution in [0.3, 0.4) is 0 Å². The fourth-order valence-corrected chi connectivity index (χ4v) is 17.3. The number of ether oxygens (including phenoxy) is 2. The summed E-state index contributed by atoms with van der Waals surface area (Å²) in [5.41, 5.74) is 4.17. The molecule has 37 heteroatoms. The first-order chi connectivity index (χ1) is 52.9. The Morgan fingerprint density at radius 1 is 0.532 bits per heavy atom. The maximum Gasteiger partial charge on any atom is 0.345 e. The molecule has 7 N–H and O–H groups in total. The minimum absolute atomic E-state index is 0.00770. The van der Waals surface area contributed by atoms with E-state index in [2.05, 4.69) is 45.6 Å². The fraction of sp³-hybridized carbons (Fsp3) is 0.514. The number of hydrogen-bond acceptors (Lipinski definition) is 14. The fourth-order valence-electron chi connectivity index (χ4n) is 16.6. The second kappa shape index (κ2) is 34.0. The number of rotatable bonds is 15. The third-order valence-corrected chi connectivity index (χ3v) is 23.3. The third kappa shape index (κ3) is 17.2. The van der Waals surface area contributed by atoms with Crippen molar-refractivity contribution in [1.29, 1.82) is 0 Å². The van der Waals surface area contributed by atoms with Gasteiger partial charge in [0.2, 0.25) is 17.7 Å². The number of nitrogens with one attached hydrogen (secondary N) is 5. The number of nitrogens with two attached hydrogens (primary N) is 1. The number of carbonyl (C=O) groups excluding carboxylic acids is 9. The quantitative estimate of drug-likeness (QED) is 0.0411. The lowest BCUT2D eigenvalue weighted by molar-refractivity contribution is -0.189. The molecule has 3 aromatic heterocycles. The highest BCUT2D eigenvalue weighted by Crippen LogP contribution is 2.51. The number of morpholine rings is 1. The standard InChI is InChI=1S/C25H26ClF4N5O4.C25H28ClF2N5O4.C24H28ClF2N5O3/c26-15-8-16(27)17(28)9-18(15)35-7-1-4-25(23(35)38)5-2-13(3-6-25)33-21(36)19-20(32-12-31-19)22(37)34-10-14(11-34)39-24(29)30;26-16-12-17(27)18(28)13-19(16)33-7-1-4-25(24(33)36)5-2-15(3-6-25)31-22(34)20-21(30-14-29-20)23(35)32-8-10-37-11-9-32;1-13(2)30-22(34)19-20(21(28)33)32(12-29-19)14-4-7-24(8-5-14)6-3-9-31(23(24)35)18-11-17(27)16(26)10-15(18)25/h8-9,12-14,24H,1-7,10-11H2,(H,31,32)(H,33,36);12-15H,1-11H2,(H,29,30)(H,31,34);10-14H,3-9H2,1-2H3,(H2,28,33)(H,30,34). The van der Waals surface area contributed by atoms with E-state index in [1.165, 1.54) is 38.6 Å². The molecular formula is C74H82Cl3F8N15O11. The Morgan fingerprint density at radius 2 is 0.910 bits per heavy atom. The van der Waals surface area contributed by atoms with E-state index in [-0.39, 0.29) is 127 Å². The summed E-state index contributed by atoms with van der Waals surface area (Å²) in [4.78, 5) is 142. The van der Waals surface area contributed by atoms with Gasteiger partial charge in [-0.05, 0) is 148 Å². The number of halogens is 11. The molecule has 3 spiro atoms. The van der Waals surface area contributed by atoms with Crippen LogP contribution in [0.15, 0.2) is 55.4 Å². The molecule has 0 atom stereocenters. The van der Waals surface area contributed by atoms with Crippen molar-refractivity contribution in [1.82, 2.24) is 55.2 Å². The van der Waals surface area contributed by atoms with Crippen molar-refractivity contribution in [3.8, 4) is 0 Å². The molecule has 9 amide bonds. The average molecular weight is 1620 g/mol. The van der Waals surface area contributed by atoms with Gasteiger partial charge in [-0.25, -0.2) is 41.3 Å². The number of aromatic amines is 2. The Balaban J connectivity index is 0.000000155. The van der Waals surface area contributed by atoms with E-state index in [4.69, 9.17) is 45.3 Å². The molecule has 8 aliphatic rings. The molecule has 8 heterocycles. The van der Waals surface area contributed by atoms with Crippen molar-refractivity contribution in [2.45, 2.75) is 166 Å². The van der Waals surface area contributed by atoms with Crippen LogP contribution < -0.4 is 36.4 Å². The van der Waals surface area contributed by atoms with Crippen molar-refractivity contribution in [2.24, 2.45) is 22.0 Å². The Morgan fingerprint density at radius 3 is 1.29 bits per heavy atom. The van der Waals surface area contributed by atoms with Gasteiger partial charge in [-0.3, -0.25) is 43.2 Å². The van der Waals surface area contributed by atoms with Gasteiger partial charge in [0.15, 0.2) is 52.0 Å². The van der Waals surface area contributed by atoms with Crippen LogP contribution in [-0.2, 0) is 23.9 Å². The molecule has 111 heavy (non-hydrogen) atoms. The molecule has 3 saturated carbocycles. The largest absolute Gasteiger partial charge is 0.378 e.